The Hall–Kier alpha value is -1.78. The van der Waals surface area contributed by atoms with E-state index in [1.807, 2.05) is 6.07 Å². The first-order chi connectivity index (χ1) is 10.4. The van der Waals surface area contributed by atoms with Gasteiger partial charge in [-0.25, -0.2) is 0 Å². The molecule has 4 rings (SSSR count). The second-order valence-electron chi connectivity index (χ2n) is 7.01. The Morgan fingerprint density at radius 2 is 1.50 bits per heavy atom. The van der Waals surface area contributed by atoms with Gasteiger partial charge in [0.1, 0.15) is 5.58 Å². The van der Waals surface area contributed by atoms with Crippen molar-refractivity contribution in [2.24, 2.45) is 0 Å². The second-order valence-corrected chi connectivity index (χ2v) is 7.01. The van der Waals surface area contributed by atoms with Crippen molar-refractivity contribution in [3.8, 4) is 0 Å². The molecular weight excluding hydrogens is 275 g/mol. The molecule has 2 heterocycles. The van der Waals surface area contributed by atoms with Crippen LogP contribution in [0.1, 0.15) is 27.7 Å². The smallest absolute Gasteiger partial charge is 0.464 e. The number of benzene rings is 2. The van der Waals surface area contributed by atoms with Crippen molar-refractivity contribution >= 4 is 34.3 Å². The standard InChI is InChI=1S/C18H19BO3/c1-17(2)18(3,4)22-19(21-17)15-6-5-12-11-16-13(7-8-20-16)9-14(12)10-15/h5-11H,1-4H3. The van der Waals surface area contributed by atoms with Crippen LogP contribution < -0.4 is 5.46 Å². The minimum absolute atomic E-state index is 0.318. The summed E-state index contributed by atoms with van der Waals surface area (Å²) in [5, 5.41) is 3.43. The van der Waals surface area contributed by atoms with Gasteiger partial charge in [0.2, 0.25) is 0 Å². The molecule has 4 heteroatoms. The average Bonchev–Trinajstić information content (AvgIpc) is 2.97. The molecule has 112 valence electrons. The highest BCUT2D eigenvalue weighted by molar-refractivity contribution is 6.62. The summed E-state index contributed by atoms with van der Waals surface area (Å²) in [5.74, 6) is 0. The van der Waals surface area contributed by atoms with Crippen LogP contribution in [0.15, 0.2) is 47.1 Å². The average molecular weight is 294 g/mol. The lowest BCUT2D eigenvalue weighted by Crippen LogP contribution is -2.41. The molecule has 0 N–H and O–H groups in total. The number of hydrogen-bond acceptors (Lipinski definition) is 3. The first-order valence-corrected chi connectivity index (χ1v) is 7.62. The van der Waals surface area contributed by atoms with E-state index < -0.39 is 0 Å². The molecule has 0 bridgehead atoms. The van der Waals surface area contributed by atoms with Crippen LogP contribution in [0.4, 0.5) is 0 Å². The van der Waals surface area contributed by atoms with E-state index in [0.29, 0.717) is 0 Å². The van der Waals surface area contributed by atoms with E-state index in [1.54, 1.807) is 6.26 Å². The van der Waals surface area contributed by atoms with Crippen molar-refractivity contribution in [1.29, 1.82) is 0 Å². The third-order valence-electron chi connectivity index (χ3n) is 4.96. The predicted octanol–water partition coefficient (Wildman–Crippen LogP) is 3.89. The summed E-state index contributed by atoms with van der Waals surface area (Å²) >= 11 is 0. The highest BCUT2D eigenvalue weighted by atomic mass is 16.7. The van der Waals surface area contributed by atoms with Gasteiger partial charge in [0, 0.05) is 5.39 Å². The summed E-state index contributed by atoms with van der Waals surface area (Å²) < 4.78 is 17.7. The van der Waals surface area contributed by atoms with Gasteiger partial charge in [-0.2, -0.15) is 0 Å². The highest BCUT2D eigenvalue weighted by Crippen LogP contribution is 2.36. The Bertz CT molecular complexity index is 847. The fourth-order valence-corrected chi connectivity index (χ4v) is 2.85. The zero-order valence-electron chi connectivity index (χ0n) is 13.3. The zero-order valence-corrected chi connectivity index (χ0v) is 13.3. The maximum atomic E-state index is 6.13. The Balaban J connectivity index is 1.78. The van der Waals surface area contributed by atoms with Crippen LogP contribution in [0.3, 0.4) is 0 Å². The molecule has 0 atom stereocenters. The van der Waals surface area contributed by atoms with Crippen LogP contribution in [-0.4, -0.2) is 18.3 Å². The van der Waals surface area contributed by atoms with Crippen molar-refractivity contribution in [3.63, 3.8) is 0 Å². The fourth-order valence-electron chi connectivity index (χ4n) is 2.85. The Kier molecular flexibility index (Phi) is 2.75. The molecule has 2 aromatic carbocycles. The van der Waals surface area contributed by atoms with Gasteiger partial charge in [0.15, 0.2) is 0 Å². The molecule has 0 unspecified atom stereocenters. The van der Waals surface area contributed by atoms with Crippen molar-refractivity contribution in [2.45, 2.75) is 38.9 Å². The van der Waals surface area contributed by atoms with E-state index in [9.17, 15) is 0 Å². The number of furan rings is 1. The Labute approximate surface area is 130 Å². The normalized spacial score (nSPS) is 20.1. The molecule has 0 saturated carbocycles. The molecule has 1 saturated heterocycles. The van der Waals surface area contributed by atoms with E-state index in [-0.39, 0.29) is 18.3 Å². The van der Waals surface area contributed by atoms with E-state index in [0.717, 1.165) is 21.8 Å². The molecular formula is C18H19BO3. The van der Waals surface area contributed by atoms with Crippen LogP contribution in [0.25, 0.3) is 21.7 Å². The third-order valence-corrected chi connectivity index (χ3v) is 4.96. The molecule has 0 aliphatic carbocycles. The third kappa shape index (κ3) is 1.98. The molecule has 1 aromatic heterocycles. The van der Waals surface area contributed by atoms with E-state index in [2.05, 4.69) is 58.0 Å². The minimum atomic E-state index is -0.325. The van der Waals surface area contributed by atoms with Crippen LogP contribution in [0.2, 0.25) is 0 Å². The quantitative estimate of drug-likeness (QED) is 0.638. The summed E-state index contributed by atoms with van der Waals surface area (Å²) in [6.07, 6.45) is 1.72. The summed E-state index contributed by atoms with van der Waals surface area (Å²) in [6.45, 7) is 8.29. The van der Waals surface area contributed by atoms with E-state index >= 15 is 0 Å². The topological polar surface area (TPSA) is 31.6 Å². The van der Waals surface area contributed by atoms with Gasteiger partial charge in [-0.05, 0) is 62.1 Å². The number of rotatable bonds is 1. The first kappa shape index (κ1) is 13.9. The molecule has 0 amide bonds. The van der Waals surface area contributed by atoms with Gasteiger partial charge < -0.3 is 13.7 Å². The number of fused-ring (bicyclic) bond motifs is 2. The molecule has 3 aromatic rings. The van der Waals surface area contributed by atoms with Gasteiger partial charge in [-0.15, -0.1) is 0 Å². The second kappa shape index (κ2) is 4.37. The molecule has 1 aliphatic rings. The zero-order chi connectivity index (χ0) is 15.5. The lowest BCUT2D eigenvalue weighted by molar-refractivity contribution is 0.00578. The van der Waals surface area contributed by atoms with Gasteiger partial charge in [-0.3, -0.25) is 0 Å². The first-order valence-electron chi connectivity index (χ1n) is 7.62. The SMILES string of the molecule is CC1(C)OB(c2ccc3cc4occc4cc3c2)OC1(C)C. The molecule has 0 radical (unpaired) electrons. The maximum absolute atomic E-state index is 6.13. The molecule has 1 fully saturated rings. The lowest BCUT2D eigenvalue weighted by atomic mass is 9.78. The van der Waals surface area contributed by atoms with Crippen LogP contribution in [-0.2, 0) is 9.31 Å². The van der Waals surface area contributed by atoms with Crippen LogP contribution in [0, 0.1) is 0 Å². The largest absolute Gasteiger partial charge is 0.494 e. The molecule has 1 aliphatic heterocycles. The van der Waals surface area contributed by atoms with Gasteiger partial charge >= 0.3 is 7.12 Å². The van der Waals surface area contributed by atoms with E-state index in [1.165, 1.54) is 5.39 Å². The summed E-state index contributed by atoms with van der Waals surface area (Å²) in [6, 6.07) is 12.5. The molecule has 3 nitrogen and oxygen atoms in total. The van der Waals surface area contributed by atoms with Gasteiger partial charge in [-0.1, -0.05) is 18.2 Å². The van der Waals surface area contributed by atoms with Crippen LogP contribution >= 0.6 is 0 Å². The highest BCUT2D eigenvalue weighted by Gasteiger charge is 2.51. The van der Waals surface area contributed by atoms with Crippen LogP contribution in [0.5, 0.6) is 0 Å². The molecule has 0 spiro atoms. The van der Waals surface area contributed by atoms with Crippen molar-refractivity contribution < 1.29 is 13.7 Å². The van der Waals surface area contributed by atoms with Crippen molar-refractivity contribution in [3.05, 3.63) is 42.7 Å². The summed E-state index contributed by atoms with van der Waals surface area (Å²) in [7, 11) is -0.325. The lowest BCUT2D eigenvalue weighted by Gasteiger charge is -2.32. The monoisotopic (exact) mass is 294 g/mol. The van der Waals surface area contributed by atoms with Crippen molar-refractivity contribution in [1.82, 2.24) is 0 Å². The molecule has 22 heavy (non-hydrogen) atoms. The van der Waals surface area contributed by atoms with Crippen molar-refractivity contribution in [2.75, 3.05) is 0 Å². The van der Waals surface area contributed by atoms with E-state index in [4.69, 9.17) is 13.7 Å². The minimum Gasteiger partial charge on any atom is -0.464 e. The number of hydrogen-bond donors (Lipinski definition) is 0. The summed E-state index contributed by atoms with van der Waals surface area (Å²) in [5.41, 5.74) is 1.33. The van der Waals surface area contributed by atoms with Gasteiger partial charge in [0.05, 0.1) is 17.5 Å². The Morgan fingerprint density at radius 1 is 0.773 bits per heavy atom. The predicted molar refractivity (Wildman–Crippen MR) is 89.4 cm³/mol. The fraction of sp³-hybridized carbons (Fsp3) is 0.333. The Morgan fingerprint density at radius 3 is 2.23 bits per heavy atom. The maximum Gasteiger partial charge on any atom is 0.494 e. The van der Waals surface area contributed by atoms with Gasteiger partial charge in [0.25, 0.3) is 0 Å². The summed E-state index contributed by atoms with van der Waals surface area (Å²) in [4.78, 5) is 0.